The normalized spacial score (nSPS) is 16.1. The summed E-state index contributed by atoms with van der Waals surface area (Å²) in [4.78, 5) is 44.1. The second-order valence-electron chi connectivity index (χ2n) is 10.1. The van der Waals surface area contributed by atoms with Gasteiger partial charge in [0.15, 0.2) is 0 Å². The number of rotatable bonds is 8. The van der Waals surface area contributed by atoms with Crippen molar-refractivity contribution in [3.8, 4) is 11.5 Å². The third-order valence-electron chi connectivity index (χ3n) is 7.33. The highest BCUT2D eigenvalue weighted by molar-refractivity contribution is 6.27. The highest BCUT2D eigenvalue weighted by Gasteiger charge is 2.26. The standard InChI is InChI=1S/C26H37N3O2.2C2H2O4/c1-3-13-28(22-11-12-23-21(20-22)7-6-9-25(23)30)17-14-27-15-18-29(19-16-27)24-8-4-5-10-26(24)31-2;2*3-1(4)2(5)6/h4-10,22,30H,3,11-20H2,1-2H3;2*(H,3,4)(H,5,6)/t22-;;/m1../s1. The van der Waals surface area contributed by atoms with Crippen molar-refractivity contribution >= 4 is 29.6 Å². The lowest BCUT2D eigenvalue weighted by Crippen LogP contribution is -2.50. The number of piperazine rings is 1. The van der Waals surface area contributed by atoms with Gasteiger partial charge >= 0.3 is 23.9 Å². The van der Waals surface area contributed by atoms with Gasteiger partial charge in [0.05, 0.1) is 12.8 Å². The summed E-state index contributed by atoms with van der Waals surface area (Å²) in [5, 5.41) is 39.7. The van der Waals surface area contributed by atoms with Crippen LogP contribution >= 0.6 is 0 Å². The molecule has 4 rings (SSSR count). The van der Waals surface area contributed by atoms with E-state index in [1.807, 2.05) is 24.3 Å². The number of hydrogen-bond acceptors (Lipinski definition) is 9. The molecule has 1 atom stereocenters. The van der Waals surface area contributed by atoms with E-state index in [4.69, 9.17) is 44.3 Å². The summed E-state index contributed by atoms with van der Waals surface area (Å²) in [6.45, 7) is 9.97. The Bertz CT molecular complexity index is 1180. The zero-order valence-electron chi connectivity index (χ0n) is 24.5. The number of carboxylic acids is 4. The van der Waals surface area contributed by atoms with Gasteiger partial charge in [0, 0.05) is 45.3 Å². The van der Waals surface area contributed by atoms with Gasteiger partial charge in [-0.1, -0.05) is 31.2 Å². The Morgan fingerprint density at radius 2 is 1.47 bits per heavy atom. The van der Waals surface area contributed by atoms with Crippen molar-refractivity contribution in [2.24, 2.45) is 0 Å². The third-order valence-corrected chi connectivity index (χ3v) is 7.33. The molecule has 1 aliphatic heterocycles. The number of anilines is 1. The lowest BCUT2D eigenvalue weighted by molar-refractivity contribution is -0.159. The number of benzene rings is 2. The molecule has 0 bridgehead atoms. The van der Waals surface area contributed by atoms with Gasteiger partial charge in [0.1, 0.15) is 11.5 Å². The summed E-state index contributed by atoms with van der Waals surface area (Å²) in [5.41, 5.74) is 3.71. The first-order chi connectivity index (χ1) is 20.5. The first-order valence-electron chi connectivity index (χ1n) is 14.0. The molecule has 2 aromatic carbocycles. The summed E-state index contributed by atoms with van der Waals surface area (Å²) in [6, 6.07) is 14.9. The first kappa shape index (κ1) is 34.8. The minimum atomic E-state index is -1.82. The largest absolute Gasteiger partial charge is 0.508 e. The molecule has 1 heterocycles. The molecule has 0 radical (unpaired) electrons. The van der Waals surface area contributed by atoms with Crippen molar-refractivity contribution in [1.82, 2.24) is 9.80 Å². The second kappa shape index (κ2) is 17.6. The molecule has 1 fully saturated rings. The van der Waals surface area contributed by atoms with Crippen LogP contribution in [0.25, 0.3) is 0 Å². The van der Waals surface area contributed by atoms with Gasteiger partial charge < -0.3 is 35.2 Å². The number of phenolic OH excluding ortho intramolecular Hbond substituents is 1. The number of phenols is 1. The first-order valence-corrected chi connectivity index (χ1v) is 14.0. The van der Waals surface area contributed by atoms with Crippen LogP contribution in [0.1, 0.15) is 30.9 Å². The van der Waals surface area contributed by atoms with E-state index in [0.717, 1.165) is 70.8 Å². The van der Waals surface area contributed by atoms with E-state index in [-0.39, 0.29) is 0 Å². The number of aromatic hydroxyl groups is 1. The lowest BCUT2D eigenvalue weighted by Gasteiger charge is -2.39. The number of ether oxygens (including phenoxy) is 1. The fourth-order valence-electron chi connectivity index (χ4n) is 5.22. The van der Waals surface area contributed by atoms with Crippen LogP contribution < -0.4 is 9.64 Å². The number of fused-ring (bicyclic) bond motifs is 1. The number of hydrogen-bond donors (Lipinski definition) is 5. The molecule has 13 heteroatoms. The van der Waals surface area contributed by atoms with E-state index in [1.54, 1.807) is 7.11 Å². The minimum absolute atomic E-state index is 0.478. The molecule has 0 aromatic heterocycles. The molecular formula is C30H41N3O10. The van der Waals surface area contributed by atoms with E-state index in [2.05, 4.69) is 39.8 Å². The van der Waals surface area contributed by atoms with Gasteiger partial charge in [0.2, 0.25) is 0 Å². The zero-order valence-corrected chi connectivity index (χ0v) is 24.5. The van der Waals surface area contributed by atoms with Crippen LogP contribution in [0.3, 0.4) is 0 Å². The van der Waals surface area contributed by atoms with Crippen LogP contribution in [0.2, 0.25) is 0 Å². The molecular weight excluding hydrogens is 562 g/mol. The number of carbonyl (C=O) groups is 4. The molecule has 0 spiro atoms. The highest BCUT2D eigenvalue weighted by atomic mass is 16.5. The smallest absolute Gasteiger partial charge is 0.414 e. The van der Waals surface area contributed by atoms with E-state index >= 15 is 0 Å². The molecule has 236 valence electrons. The average molecular weight is 604 g/mol. The van der Waals surface area contributed by atoms with Crippen LogP contribution in [0, 0.1) is 0 Å². The van der Waals surface area contributed by atoms with E-state index < -0.39 is 23.9 Å². The molecule has 43 heavy (non-hydrogen) atoms. The third kappa shape index (κ3) is 11.1. The Labute approximate surface area is 250 Å². The van der Waals surface area contributed by atoms with Crippen molar-refractivity contribution in [1.29, 1.82) is 0 Å². The molecule has 5 N–H and O–H groups in total. The van der Waals surface area contributed by atoms with Crippen LogP contribution in [0.4, 0.5) is 5.69 Å². The Balaban J connectivity index is 0.000000455. The highest BCUT2D eigenvalue weighted by Crippen LogP contribution is 2.31. The molecule has 2 aromatic rings. The topological polar surface area (TPSA) is 188 Å². The van der Waals surface area contributed by atoms with Gasteiger partial charge in [0.25, 0.3) is 0 Å². The maximum Gasteiger partial charge on any atom is 0.414 e. The van der Waals surface area contributed by atoms with Crippen LogP contribution in [-0.4, -0.2) is 118 Å². The Morgan fingerprint density at radius 3 is 2.02 bits per heavy atom. The zero-order chi connectivity index (χ0) is 31.9. The molecule has 0 unspecified atom stereocenters. The Hall–Kier alpha value is -4.36. The van der Waals surface area contributed by atoms with Crippen molar-refractivity contribution < 1.29 is 49.4 Å². The van der Waals surface area contributed by atoms with Gasteiger partial charge in [-0.05, 0) is 61.6 Å². The number of carboxylic acid groups (broad SMARTS) is 4. The van der Waals surface area contributed by atoms with Crippen LogP contribution in [0.15, 0.2) is 42.5 Å². The predicted octanol–water partition coefficient (Wildman–Crippen LogP) is 2.10. The number of aliphatic carboxylic acids is 4. The second-order valence-corrected chi connectivity index (χ2v) is 10.1. The summed E-state index contributed by atoms with van der Waals surface area (Å²) in [6.07, 6.45) is 4.38. The summed E-state index contributed by atoms with van der Waals surface area (Å²) in [7, 11) is 1.75. The van der Waals surface area contributed by atoms with E-state index in [0.29, 0.717) is 11.8 Å². The van der Waals surface area contributed by atoms with Gasteiger partial charge in [-0.25, -0.2) is 19.2 Å². The molecule has 13 nitrogen and oxygen atoms in total. The van der Waals surface area contributed by atoms with Crippen molar-refractivity contribution in [2.75, 3.05) is 57.8 Å². The minimum Gasteiger partial charge on any atom is -0.508 e. The summed E-state index contributed by atoms with van der Waals surface area (Å²) in [5.74, 6) is -5.85. The number of nitrogens with zero attached hydrogens (tertiary/aromatic N) is 3. The number of methoxy groups -OCH3 is 1. The molecule has 0 saturated carbocycles. The SMILES string of the molecule is CCCN(CCN1CCN(c2ccccc2OC)CC1)[C@@H]1CCc2c(O)cccc2C1.O=C(O)C(=O)O.O=C(O)C(=O)O. The quantitative estimate of drug-likeness (QED) is 0.276. The van der Waals surface area contributed by atoms with Crippen molar-refractivity contribution in [2.45, 2.75) is 38.6 Å². The maximum absolute atomic E-state index is 10.2. The maximum atomic E-state index is 10.2. The number of para-hydroxylation sites is 2. The van der Waals surface area contributed by atoms with Gasteiger partial charge in [-0.3, -0.25) is 9.80 Å². The van der Waals surface area contributed by atoms with Crippen LogP contribution in [0.5, 0.6) is 11.5 Å². The van der Waals surface area contributed by atoms with Gasteiger partial charge in [-0.2, -0.15) is 0 Å². The van der Waals surface area contributed by atoms with Crippen LogP contribution in [-0.2, 0) is 32.0 Å². The molecule has 0 amide bonds. The van der Waals surface area contributed by atoms with E-state index in [9.17, 15) is 5.11 Å². The lowest BCUT2D eigenvalue weighted by atomic mass is 9.87. The monoisotopic (exact) mass is 603 g/mol. The fraction of sp³-hybridized carbons (Fsp3) is 0.467. The molecule has 1 aliphatic carbocycles. The summed E-state index contributed by atoms with van der Waals surface area (Å²) < 4.78 is 5.55. The van der Waals surface area contributed by atoms with Gasteiger partial charge in [-0.15, -0.1) is 0 Å². The fourth-order valence-corrected chi connectivity index (χ4v) is 5.22. The molecule has 1 saturated heterocycles. The predicted molar refractivity (Wildman–Crippen MR) is 158 cm³/mol. The Kier molecular flexibility index (Phi) is 14.2. The molecule has 2 aliphatic rings. The average Bonchev–Trinajstić information content (AvgIpc) is 3.00. The van der Waals surface area contributed by atoms with E-state index in [1.165, 1.54) is 23.2 Å². The van der Waals surface area contributed by atoms with Crippen molar-refractivity contribution in [3.05, 3.63) is 53.6 Å². The summed E-state index contributed by atoms with van der Waals surface area (Å²) >= 11 is 0. The van der Waals surface area contributed by atoms with Crippen molar-refractivity contribution in [3.63, 3.8) is 0 Å². The Morgan fingerprint density at radius 1 is 0.860 bits per heavy atom.